The third kappa shape index (κ3) is 4.21. The molecule has 0 atom stereocenters. The first kappa shape index (κ1) is 17.9. The molecule has 3 rings (SSSR count). The van der Waals surface area contributed by atoms with Crippen molar-refractivity contribution in [3.05, 3.63) is 11.8 Å². The zero-order valence-electron chi connectivity index (χ0n) is 15.7. The summed E-state index contributed by atoms with van der Waals surface area (Å²) in [4.78, 5) is 25.5. The van der Waals surface area contributed by atoms with Crippen molar-refractivity contribution in [3.8, 4) is 0 Å². The van der Waals surface area contributed by atoms with Crippen molar-refractivity contribution in [1.82, 2.24) is 14.9 Å². The van der Waals surface area contributed by atoms with Crippen molar-refractivity contribution in [2.45, 2.75) is 45.6 Å². The van der Waals surface area contributed by atoms with E-state index in [1.54, 1.807) is 0 Å². The van der Waals surface area contributed by atoms with Gasteiger partial charge in [0, 0.05) is 44.1 Å². The summed E-state index contributed by atoms with van der Waals surface area (Å²) < 4.78 is 5.24. The summed E-state index contributed by atoms with van der Waals surface area (Å²) in [7, 11) is 0. The average molecular weight is 347 g/mol. The lowest BCUT2D eigenvalue weighted by atomic mass is 9.92. The number of rotatable bonds is 4. The van der Waals surface area contributed by atoms with Gasteiger partial charge in [-0.1, -0.05) is 27.7 Å². The van der Waals surface area contributed by atoms with E-state index in [9.17, 15) is 4.79 Å². The maximum absolute atomic E-state index is 11.9. The van der Waals surface area contributed by atoms with Gasteiger partial charge in [-0.25, -0.2) is 4.98 Å². The van der Waals surface area contributed by atoms with Crippen molar-refractivity contribution < 1.29 is 9.53 Å². The number of carbonyl (C=O) groups excluding carboxylic acids is 1. The third-order valence-corrected chi connectivity index (χ3v) is 4.69. The largest absolute Gasteiger partial charge is 0.377 e. The van der Waals surface area contributed by atoms with Gasteiger partial charge < -0.3 is 19.9 Å². The predicted molar refractivity (Wildman–Crippen MR) is 98.0 cm³/mol. The Kier molecular flexibility index (Phi) is 5.13. The number of nitrogens with one attached hydrogen (secondary N) is 1. The maximum Gasteiger partial charge on any atom is 0.227 e. The first-order valence-corrected chi connectivity index (χ1v) is 9.13. The fourth-order valence-electron chi connectivity index (χ4n) is 2.94. The molecule has 7 nitrogen and oxygen atoms in total. The van der Waals surface area contributed by atoms with Crippen molar-refractivity contribution in [1.29, 1.82) is 0 Å². The van der Waals surface area contributed by atoms with E-state index in [2.05, 4.69) is 31.0 Å². The van der Waals surface area contributed by atoms with Crippen molar-refractivity contribution in [3.63, 3.8) is 0 Å². The van der Waals surface area contributed by atoms with Crippen LogP contribution in [0.15, 0.2) is 6.07 Å². The summed E-state index contributed by atoms with van der Waals surface area (Å²) in [6.45, 7) is 12.8. The Hall–Kier alpha value is -1.89. The topological polar surface area (TPSA) is 70.6 Å². The van der Waals surface area contributed by atoms with E-state index in [4.69, 9.17) is 14.7 Å². The fraction of sp³-hybridized carbons (Fsp3) is 0.722. The highest BCUT2D eigenvalue weighted by molar-refractivity contribution is 5.76. The molecule has 0 spiro atoms. The SMILES string of the molecule is CCC(=O)N1CCN(c2nc(NC3COC3)cc(C(C)(C)C)n2)CC1. The number of carbonyl (C=O) groups is 1. The molecule has 1 aromatic heterocycles. The molecule has 25 heavy (non-hydrogen) atoms. The molecule has 0 aliphatic carbocycles. The monoisotopic (exact) mass is 347 g/mol. The third-order valence-electron chi connectivity index (χ3n) is 4.69. The fourth-order valence-corrected chi connectivity index (χ4v) is 2.94. The van der Waals surface area contributed by atoms with E-state index < -0.39 is 0 Å². The van der Waals surface area contributed by atoms with Gasteiger partial charge in [0.1, 0.15) is 5.82 Å². The van der Waals surface area contributed by atoms with E-state index >= 15 is 0 Å². The van der Waals surface area contributed by atoms with Crippen LogP contribution in [0.4, 0.5) is 11.8 Å². The van der Waals surface area contributed by atoms with E-state index in [1.807, 2.05) is 17.9 Å². The van der Waals surface area contributed by atoms with E-state index in [1.165, 1.54) is 0 Å². The smallest absolute Gasteiger partial charge is 0.227 e. The molecular formula is C18H29N5O2. The first-order valence-electron chi connectivity index (χ1n) is 9.13. The van der Waals surface area contributed by atoms with Crippen LogP contribution in [0, 0.1) is 0 Å². The van der Waals surface area contributed by atoms with Crippen LogP contribution in [0.1, 0.15) is 39.8 Å². The Morgan fingerprint density at radius 2 is 1.92 bits per heavy atom. The molecule has 0 radical (unpaired) electrons. The number of hydrogen-bond acceptors (Lipinski definition) is 6. The van der Waals surface area contributed by atoms with Gasteiger partial charge in [0.15, 0.2) is 0 Å². The van der Waals surface area contributed by atoms with Crippen molar-refractivity contribution in [2.24, 2.45) is 0 Å². The second-order valence-corrected chi connectivity index (χ2v) is 7.79. The summed E-state index contributed by atoms with van der Waals surface area (Å²) in [6.07, 6.45) is 0.563. The van der Waals surface area contributed by atoms with Crippen molar-refractivity contribution in [2.75, 3.05) is 49.6 Å². The minimum atomic E-state index is -0.0514. The molecule has 0 bridgehead atoms. The molecule has 1 N–H and O–H groups in total. The van der Waals surface area contributed by atoms with Crippen LogP contribution in [0.2, 0.25) is 0 Å². The number of ether oxygens (including phenoxy) is 1. The number of hydrogen-bond donors (Lipinski definition) is 1. The van der Waals surface area contributed by atoms with Crippen LogP contribution >= 0.6 is 0 Å². The first-order chi connectivity index (χ1) is 11.9. The summed E-state index contributed by atoms with van der Waals surface area (Å²) in [5.41, 5.74) is 0.969. The van der Waals surface area contributed by atoms with Gasteiger partial charge >= 0.3 is 0 Å². The number of piperazine rings is 1. The normalized spacial score (nSPS) is 18.9. The molecule has 2 saturated heterocycles. The molecule has 2 aliphatic rings. The van der Waals surface area contributed by atoms with Gasteiger partial charge in [-0.2, -0.15) is 4.98 Å². The van der Waals surface area contributed by atoms with Crippen LogP contribution < -0.4 is 10.2 Å². The standard InChI is InChI=1S/C18H29N5O2/c1-5-16(24)22-6-8-23(9-7-22)17-20-14(18(2,3)4)10-15(21-17)19-13-11-25-12-13/h10,13H,5-9,11-12H2,1-4H3,(H,19,20,21). The molecule has 2 fully saturated rings. The van der Waals surface area contributed by atoms with Crippen LogP contribution in [-0.2, 0) is 14.9 Å². The highest BCUT2D eigenvalue weighted by Crippen LogP contribution is 2.26. The lowest BCUT2D eigenvalue weighted by molar-refractivity contribution is -0.131. The summed E-state index contributed by atoms with van der Waals surface area (Å²) in [5.74, 6) is 1.82. The van der Waals surface area contributed by atoms with Crippen LogP contribution in [0.3, 0.4) is 0 Å². The molecule has 0 saturated carbocycles. The van der Waals surface area contributed by atoms with E-state index in [0.29, 0.717) is 12.5 Å². The summed E-state index contributed by atoms with van der Waals surface area (Å²) in [6, 6.07) is 2.37. The Bertz CT molecular complexity index is 616. The molecule has 138 valence electrons. The second kappa shape index (κ2) is 7.15. The van der Waals surface area contributed by atoms with Gasteiger partial charge in [-0.3, -0.25) is 4.79 Å². The number of nitrogens with zero attached hydrogens (tertiary/aromatic N) is 4. The van der Waals surface area contributed by atoms with Crippen LogP contribution in [-0.4, -0.2) is 66.2 Å². The minimum Gasteiger partial charge on any atom is -0.377 e. The quantitative estimate of drug-likeness (QED) is 0.893. The Morgan fingerprint density at radius 3 is 2.44 bits per heavy atom. The van der Waals surface area contributed by atoms with Gasteiger partial charge in [0.25, 0.3) is 0 Å². The predicted octanol–water partition coefficient (Wildman–Crippen LogP) is 1.64. The van der Waals surface area contributed by atoms with Gasteiger partial charge in [0.05, 0.1) is 24.9 Å². The van der Waals surface area contributed by atoms with Crippen LogP contribution in [0.25, 0.3) is 0 Å². The van der Waals surface area contributed by atoms with Gasteiger partial charge in [-0.15, -0.1) is 0 Å². The number of anilines is 2. The molecule has 3 heterocycles. The highest BCUT2D eigenvalue weighted by Gasteiger charge is 2.26. The van der Waals surface area contributed by atoms with E-state index in [0.717, 1.165) is 56.9 Å². The van der Waals surface area contributed by atoms with E-state index in [-0.39, 0.29) is 11.3 Å². The van der Waals surface area contributed by atoms with Gasteiger partial charge in [0.2, 0.25) is 11.9 Å². The van der Waals surface area contributed by atoms with Crippen molar-refractivity contribution >= 4 is 17.7 Å². The molecule has 0 aromatic carbocycles. The molecule has 1 amide bonds. The number of amides is 1. The van der Waals surface area contributed by atoms with Gasteiger partial charge in [-0.05, 0) is 0 Å². The molecule has 0 unspecified atom stereocenters. The molecule has 1 aromatic rings. The highest BCUT2D eigenvalue weighted by atomic mass is 16.5. The van der Waals surface area contributed by atoms with Crippen LogP contribution in [0.5, 0.6) is 0 Å². The molecule has 7 heteroatoms. The average Bonchev–Trinajstić information content (AvgIpc) is 2.56. The lowest BCUT2D eigenvalue weighted by Gasteiger charge is -2.35. The summed E-state index contributed by atoms with van der Waals surface area (Å²) in [5, 5.41) is 3.44. The number of aromatic nitrogens is 2. The minimum absolute atomic E-state index is 0.0514. The molecule has 2 aliphatic heterocycles. The summed E-state index contributed by atoms with van der Waals surface area (Å²) >= 11 is 0. The molecular weight excluding hydrogens is 318 g/mol. The Labute approximate surface area is 149 Å². The Balaban J connectivity index is 1.77. The zero-order valence-corrected chi connectivity index (χ0v) is 15.7. The lowest BCUT2D eigenvalue weighted by Crippen LogP contribution is -2.49. The maximum atomic E-state index is 11.9. The zero-order chi connectivity index (χ0) is 18.0. The second-order valence-electron chi connectivity index (χ2n) is 7.79. The Morgan fingerprint density at radius 1 is 1.24 bits per heavy atom.